The molecule has 1 fully saturated rings. The molecule has 47 heavy (non-hydrogen) atoms. The van der Waals surface area contributed by atoms with Crippen LogP contribution in [0, 0.1) is 5.92 Å². The van der Waals surface area contributed by atoms with Crippen molar-refractivity contribution in [2.24, 2.45) is 16.6 Å². The van der Waals surface area contributed by atoms with Crippen molar-refractivity contribution in [3.8, 4) is 11.1 Å². The molecule has 1 aliphatic carbocycles. The van der Waals surface area contributed by atoms with Crippen molar-refractivity contribution in [1.29, 1.82) is 0 Å². The van der Waals surface area contributed by atoms with Crippen LogP contribution >= 0.6 is 0 Å². The second-order valence-electron chi connectivity index (χ2n) is 13.2. The first kappa shape index (κ1) is 32.3. The molecule has 2 amide bonds. The van der Waals surface area contributed by atoms with Crippen LogP contribution in [0.2, 0.25) is 0 Å². The van der Waals surface area contributed by atoms with Crippen LogP contribution in [0.15, 0.2) is 96.0 Å². The monoisotopic (exact) mass is 630 g/mol. The largest absolute Gasteiger partial charge is 0.370 e. The molecule has 0 bridgehead atoms. The van der Waals surface area contributed by atoms with E-state index >= 15 is 0 Å². The molecule has 4 aromatic rings. The lowest BCUT2D eigenvalue weighted by Crippen LogP contribution is -2.49. The molecule has 0 saturated carbocycles. The number of aliphatic imine (C=N–C) groups is 1. The molecule has 6 rings (SSSR count). The number of rotatable bonds is 10. The molecule has 4 N–H and O–H groups in total. The summed E-state index contributed by atoms with van der Waals surface area (Å²) in [6, 6.07) is 30.7. The molecule has 8 heteroatoms. The van der Waals surface area contributed by atoms with Gasteiger partial charge in [-0.15, -0.1) is 0 Å². The van der Waals surface area contributed by atoms with Crippen LogP contribution in [-0.4, -0.2) is 79.9 Å². The van der Waals surface area contributed by atoms with E-state index in [0.717, 1.165) is 23.6 Å². The number of benzene rings is 4. The average Bonchev–Trinajstić information content (AvgIpc) is 3.35. The minimum absolute atomic E-state index is 0.0445. The highest BCUT2D eigenvalue weighted by molar-refractivity contribution is 5.98. The van der Waals surface area contributed by atoms with Crippen molar-refractivity contribution in [2.75, 3.05) is 40.3 Å². The maximum atomic E-state index is 14.2. The molecule has 2 aliphatic rings. The van der Waals surface area contributed by atoms with Gasteiger partial charge in [0, 0.05) is 57.8 Å². The van der Waals surface area contributed by atoms with Crippen molar-refractivity contribution in [2.45, 2.75) is 44.2 Å². The second-order valence-corrected chi connectivity index (χ2v) is 13.2. The number of nitrogens with zero attached hydrogens (tertiary/aromatic N) is 3. The zero-order valence-electron chi connectivity index (χ0n) is 27.7. The number of fused-ring (bicyclic) bond motifs is 4. The summed E-state index contributed by atoms with van der Waals surface area (Å²) in [7, 11) is 3.73. The van der Waals surface area contributed by atoms with Crippen LogP contribution in [-0.2, 0) is 4.79 Å². The van der Waals surface area contributed by atoms with Gasteiger partial charge in [-0.05, 0) is 70.3 Å². The van der Waals surface area contributed by atoms with Gasteiger partial charge in [-0.25, -0.2) is 0 Å². The van der Waals surface area contributed by atoms with E-state index in [4.69, 9.17) is 5.73 Å². The fourth-order valence-electron chi connectivity index (χ4n) is 7.17. The lowest BCUT2D eigenvalue weighted by molar-refractivity contribution is -0.133. The Kier molecular flexibility index (Phi) is 9.87. The number of carbonyl (C=O) groups is 2. The van der Waals surface area contributed by atoms with Crippen LogP contribution in [0.25, 0.3) is 21.9 Å². The van der Waals surface area contributed by atoms with Crippen LogP contribution in [0.5, 0.6) is 0 Å². The molecular weight excluding hydrogens is 584 g/mol. The maximum absolute atomic E-state index is 14.2. The number of hydrogen-bond acceptors (Lipinski definition) is 4. The summed E-state index contributed by atoms with van der Waals surface area (Å²) in [5.41, 5.74) is 11.9. The Morgan fingerprint density at radius 2 is 1.64 bits per heavy atom. The van der Waals surface area contributed by atoms with E-state index in [1.807, 2.05) is 56.6 Å². The molecule has 0 spiro atoms. The van der Waals surface area contributed by atoms with Crippen LogP contribution < -0.4 is 16.4 Å². The third-order valence-electron chi connectivity index (χ3n) is 9.66. The van der Waals surface area contributed by atoms with Gasteiger partial charge in [0.05, 0.1) is 6.04 Å². The number of guanidine groups is 1. The highest BCUT2D eigenvalue weighted by atomic mass is 16.2. The van der Waals surface area contributed by atoms with E-state index in [0.29, 0.717) is 44.1 Å². The quantitative estimate of drug-likeness (QED) is 0.127. The SMILES string of the molecule is CC(CN1CC[C@@H](CNC(=O)c2ccc3ccccc3c2)N[C@@H](CCCN=C(N)N(C)C)C1=O)C1c2ccccc2-c2ccccc21. The Morgan fingerprint density at radius 1 is 0.979 bits per heavy atom. The summed E-state index contributed by atoms with van der Waals surface area (Å²) in [6.07, 6.45) is 2.11. The number of nitrogens with two attached hydrogens (primary N) is 1. The smallest absolute Gasteiger partial charge is 0.251 e. The summed E-state index contributed by atoms with van der Waals surface area (Å²) in [4.78, 5) is 35.7. The number of nitrogens with one attached hydrogen (secondary N) is 2. The minimum Gasteiger partial charge on any atom is -0.370 e. The molecule has 1 saturated heterocycles. The Labute approximate surface area is 278 Å². The van der Waals surface area contributed by atoms with E-state index in [1.54, 1.807) is 4.90 Å². The third-order valence-corrected chi connectivity index (χ3v) is 9.66. The highest BCUT2D eigenvalue weighted by Gasteiger charge is 2.36. The molecule has 8 nitrogen and oxygen atoms in total. The van der Waals surface area contributed by atoms with Gasteiger partial charge in [-0.2, -0.15) is 0 Å². The van der Waals surface area contributed by atoms with Gasteiger partial charge in [-0.3, -0.25) is 14.6 Å². The van der Waals surface area contributed by atoms with E-state index in [9.17, 15) is 9.59 Å². The fourth-order valence-corrected chi connectivity index (χ4v) is 7.17. The standard InChI is InChI=1S/C39H46N6O2/c1-26(36-33-15-8-6-13-31(33)32-14-7-9-16-34(32)36)25-45-22-20-30(43-35(38(45)47)17-10-21-41-39(40)44(2)3)24-42-37(46)29-19-18-27-11-4-5-12-28(27)23-29/h4-9,11-16,18-19,23,26,30,35-36,43H,10,17,20-22,24-25H2,1-3H3,(H2,40,41)(H,42,46)/t26?,30-,35-/m0/s1. The predicted octanol–water partition coefficient (Wildman–Crippen LogP) is 5.23. The van der Waals surface area contributed by atoms with Gasteiger partial charge < -0.3 is 26.2 Å². The molecule has 3 atom stereocenters. The number of amides is 2. The van der Waals surface area contributed by atoms with Crippen LogP contribution in [0.4, 0.5) is 0 Å². The third kappa shape index (κ3) is 7.18. The fraction of sp³-hybridized carbons (Fsp3) is 0.359. The van der Waals surface area contributed by atoms with E-state index in [1.165, 1.54) is 22.3 Å². The van der Waals surface area contributed by atoms with Crippen molar-refractivity contribution < 1.29 is 9.59 Å². The highest BCUT2D eigenvalue weighted by Crippen LogP contribution is 2.48. The van der Waals surface area contributed by atoms with Gasteiger partial charge >= 0.3 is 0 Å². The average molecular weight is 631 g/mol. The zero-order valence-corrected chi connectivity index (χ0v) is 27.7. The Morgan fingerprint density at radius 3 is 2.34 bits per heavy atom. The minimum atomic E-state index is -0.369. The normalized spacial score (nSPS) is 18.8. The summed E-state index contributed by atoms with van der Waals surface area (Å²) >= 11 is 0. The Hall–Kier alpha value is -4.69. The molecule has 0 aromatic heterocycles. The van der Waals surface area contributed by atoms with Gasteiger partial charge in [-0.1, -0.05) is 85.8 Å². The maximum Gasteiger partial charge on any atom is 0.251 e. The van der Waals surface area contributed by atoms with E-state index in [-0.39, 0.29) is 35.7 Å². The first-order chi connectivity index (χ1) is 22.8. The van der Waals surface area contributed by atoms with Gasteiger partial charge in [0.15, 0.2) is 5.96 Å². The molecule has 1 unspecified atom stereocenters. The zero-order chi connectivity index (χ0) is 32.9. The first-order valence-electron chi connectivity index (χ1n) is 16.8. The number of carbonyl (C=O) groups excluding carboxylic acids is 2. The summed E-state index contributed by atoms with van der Waals surface area (Å²) in [6.45, 7) is 4.54. The van der Waals surface area contributed by atoms with Gasteiger partial charge in [0.25, 0.3) is 5.91 Å². The molecule has 1 heterocycles. The van der Waals surface area contributed by atoms with E-state index < -0.39 is 0 Å². The predicted molar refractivity (Wildman–Crippen MR) is 190 cm³/mol. The molecule has 0 radical (unpaired) electrons. The molecule has 244 valence electrons. The Balaban J connectivity index is 1.16. The topological polar surface area (TPSA) is 103 Å². The second kappa shape index (κ2) is 14.4. The van der Waals surface area contributed by atoms with E-state index in [2.05, 4.69) is 76.0 Å². The van der Waals surface area contributed by atoms with Crippen molar-refractivity contribution in [3.63, 3.8) is 0 Å². The van der Waals surface area contributed by atoms with Crippen LogP contribution in [0.3, 0.4) is 0 Å². The van der Waals surface area contributed by atoms with Gasteiger partial charge in [0.2, 0.25) is 5.91 Å². The molecule has 4 aromatic carbocycles. The molecule has 1 aliphatic heterocycles. The van der Waals surface area contributed by atoms with Gasteiger partial charge in [0.1, 0.15) is 0 Å². The lowest BCUT2D eigenvalue weighted by atomic mass is 9.85. The Bertz CT molecular complexity index is 1720. The van der Waals surface area contributed by atoms with Crippen molar-refractivity contribution >= 4 is 28.5 Å². The summed E-state index contributed by atoms with van der Waals surface area (Å²) in [5, 5.41) is 8.90. The summed E-state index contributed by atoms with van der Waals surface area (Å²) < 4.78 is 0. The first-order valence-corrected chi connectivity index (χ1v) is 16.8. The lowest BCUT2D eigenvalue weighted by Gasteiger charge is -2.30. The van der Waals surface area contributed by atoms with Crippen molar-refractivity contribution in [3.05, 3.63) is 108 Å². The number of hydrogen-bond donors (Lipinski definition) is 3. The van der Waals surface area contributed by atoms with Crippen LogP contribution in [0.1, 0.15) is 53.6 Å². The van der Waals surface area contributed by atoms with Crippen molar-refractivity contribution in [1.82, 2.24) is 20.4 Å². The summed E-state index contributed by atoms with van der Waals surface area (Å²) in [5.74, 6) is 0.932. The molecular formula is C39H46N6O2.